The number of hydrogen-bond acceptors (Lipinski definition) is 6. The summed E-state index contributed by atoms with van der Waals surface area (Å²) in [6, 6.07) is 5.55. The van der Waals surface area contributed by atoms with Crippen LogP contribution in [-0.4, -0.2) is 37.1 Å². The molecule has 0 bridgehead atoms. The standard InChI is InChI=1S/C17H24N2O5/c1-3-23-15(20)7-5-6-14(17(22)24-4-2)19-16(21)12-8-10-13(18)11-9-12/h8-11,14H,3-7,18H2,1-2H3,(H,19,21). The second-order valence-electron chi connectivity index (χ2n) is 5.10. The maximum atomic E-state index is 12.2. The predicted octanol–water partition coefficient (Wildman–Crippen LogP) is 1.66. The smallest absolute Gasteiger partial charge is 0.328 e. The Morgan fingerprint density at radius 3 is 2.29 bits per heavy atom. The van der Waals surface area contributed by atoms with E-state index in [1.807, 2.05) is 0 Å². The number of carbonyl (C=O) groups is 3. The number of nitrogens with two attached hydrogens (primary N) is 1. The molecule has 3 N–H and O–H groups in total. The summed E-state index contributed by atoms with van der Waals surface area (Å²) in [5, 5.41) is 2.64. The molecule has 0 saturated heterocycles. The van der Waals surface area contributed by atoms with Gasteiger partial charge in [0.15, 0.2) is 0 Å². The van der Waals surface area contributed by atoms with Crippen molar-refractivity contribution in [3.05, 3.63) is 29.8 Å². The Morgan fingerprint density at radius 2 is 1.71 bits per heavy atom. The number of rotatable bonds is 9. The number of carbonyl (C=O) groups excluding carboxylic acids is 3. The number of nitrogen functional groups attached to an aromatic ring is 1. The molecule has 1 atom stereocenters. The van der Waals surface area contributed by atoms with Crippen LogP contribution in [0.3, 0.4) is 0 Å². The highest BCUT2D eigenvalue weighted by Crippen LogP contribution is 2.09. The van der Waals surface area contributed by atoms with E-state index in [1.54, 1.807) is 38.1 Å². The summed E-state index contributed by atoms with van der Waals surface area (Å²) >= 11 is 0. The van der Waals surface area contributed by atoms with Gasteiger partial charge in [-0.15, -0.1) is 0 Å². The minimum absolute atomic E-state index is 0.182. The number of anilines is 1. The predicted molar refractivity (Wildman–Crippen MR) is 89.2 cm³/mol. The van der Waals surface area contributed by atoms with E-state index in [9.17, 15) is 14.4 Å². The number of hydrogen-bond donors (Lipinski definition) is 2. The second kappa shape index (κ2) is 10.3. The van der Waals surface area contributed by atoms with Crippen molar-refractivity contribution in [2.45, 2.75) is 39.2 Å². The molecular formula is C17H24N2O5. The molecule has 7 heteroatoms. The van der Waals surface area contributed by atoms with Gasteiger partial charge in [0.05, 0.1) is 13.2 Å². The van der Waals surface area contributed by atoms with Gasteiger partial charge in [-0.3, -0.25) is 9.59 Å². The molecule has 0 aliphatic carbocycles. The molecule has 1 rings (SSSR count). The van der Waals surface area contributed by atoms with Gasteiger partial charge < -0.3 is 20.5 Å². The molecule has 0 aromatic heterocycles. The molecule has 0 aliphatic heterocycles. The van der Waals surface area contributed by atoms with Crippen LogP contribution in [-0.2, 0) is 19.1 Å². The number of benzene rings is 1. The first-order chi connectivity index (χ1) is 11.5. The van der Waals surface area contributed by atoms with Gasteiger partial charge in [0.2, 0.25) is 0 Å². The van der Waals surface area contributed by atoms with Crippen LogP contribution >= 0.6 is 0 Å². The van der Waals surface area contributed by atoms with Crippen molar-refractivity contribution < 1.29 is 23.9 Å². The van der Waals surface area contributed by atoms with Gasteiger partial charge in [-0.2, -0.15) is 0 Å². The quantitative estimate of drug-likeness (QED) is 0.524. The van der Waals surface area contributed by atoms with Gasteiger partial charge in [0, 0.05) is 17.7 Å². The molecule has 0 heterocycles. The van der Waals surface area contributed by atoms with E-state index in [4.69, 9.17) is 15.2 Å². The van der Waals surface area contributed by atoms with Crippen LogP contribution in [0, 0.1) is 0 Å². The summed E-state index contributed by atoms with van der Waals surface area (Å²) < 4.78 is 9.81. The summed E-state index contributed by atoms with van der Waals surface area (Å²) in [6.45, 7) is 3.94. The van der Waals surface area contributed by atoms with Gasteiger partial charge in [-0.25, -0.2) is 4.79 Å². The third kappa shape index (κ3) is 6.68. The number of esters is 2. The molecule has 24 heavy (non-hydrogen) atoms. The molecule has 1 aromatic rings. The maximum Gasteiger partial charge on any atom is 0.328 e. The SMILES string of the molecule is CCOC(=O)CCCC(NC(=O)c1ccc(N)cc1)C(=O)OCC. The van der Waals surface area contributed by atoms with Gasteiger partial charge in [-0.1, -0.05) is 0 Å². The van der Waals surface area contributed by atoms with Crippen molar-refractivity contribution in [2.75, 3.05) is 18.9 Å². The Kier molecular flexibility index (Phi) is 8.32. The van der Waals surface area contributed by atoms with Crippen molar-refractivity contribution in [3.8, 4) is 0 Å². The van der Waals surface area contributed by atoms with E-state index < -0.39 is 17.9 Å². The zero-order chi connectivity index (χ0) is 17.9. The molecule has 7 nitrogen and oxygen atoms in total. The zero-order valence-electron chi connectivity index (χ0n) is 14.0. The fourth-order valence-corrected chi connectivity index (χ4v) is 2.05. The Bertz CT molecular complexity index is 557. The van der Waals surface area contributed by atoms with Crippen molar-refractivity contribution >= 4 is 23.5 Å². The van der Waals surface area contributed by atoms with Crippen LogP contribution in [0.1, 0.15) is 43.5 Å². The number of amides is 1. The van der Waals surface area contributed by atoms with Crippen molar-refractivity contribution in [2.24, 2.45) is 0 Å². The van der Waals surface area contributed by atoms with Crippen molar-refractivity contribution in [1.29, 1.82) is 0 Å². The molecule has 1 unspecified atom stereocenters. The fraction of sp³-hybridized carbons (Fsp3) is 0.471. The molecule has 1 amide bonds. The summed E-state index contributed by atoms with van der Waals surface area (Å²) in [5.74, 6) is -1.25. The van der Waals surface area contributed by atoms with E-state index in [0.717, 1.165) is 0 Å². The molecule has 1 aromatic carbocycles. The topological polar surface area (TPSA) is 108 Å². The average molecular weight is 336 g/mol. The van der Waals surface area contributed by atoms with Crippen LogP contribution in [0.2, 0.25) is 0 Å². The average Bonchev–Trinajstić information content (AvgIpc) is 2.55. The lowest BCUT2D eigenvalue weighted by Gasteiger charge is -2.17. The maximum absolute atomic E-state index is 12.2. The van der Waals surface area contributed by atoms with Crippen molar-refractivity contribution in [3.63, 3.8) is 0 Å². The largest absolute Gasteiger partial charge is 0.466 e. The van der Waals surface area contributed by atoms with Crippen LogP contribution < -0.4 is 11.1 Å². The normalized spacial score (nSPS) is 11.4. The van der Waals surface area contributed by atoms with E-state index in [-0.39, 0.29) is 19.0 Å². The van der Waals surface area contributed by atoms with Gasteiger partial charge in [0.25, 0.3) is 5.91 Å². The molecule has 0 aliphatic rings. The Morgan fingerprint density at radius 1 is 1.08 bits per heavy atom. The molecule has 0 radical (unpaired) electrons. The number of ether oxygens (including phenoxy) is 2. The fourth-order valence-electron chi connectivity index (χ4n) is 2.05. The molecular weight excluding hydrogens is 312 g/mol. The van der Waals surface area contributed by atoms with E-state index in [2.05, 4.69) is 5.32 Å². The summed E-state index contributed by atoms with van der Waals surface area (Å²) in [4.78, 5) is 35.6. The van der Waals surface area contributed by atoms with E-state index >= 15 is 0 Å². The molecule has 0 saturated carbocycles. The third-order valence-corrected chi connectivity index (χ3v) is 3.23. The highest BCUT2D eigenvalue weighted by Gasteiger charge is 2.22. The Balaban J connectivity index is 2.64. The Labute approximate surface area is 141 Å². The van der Waals surface area contributed by atoms with Crippen LogP contribution in [0.15, 0.2) is 24.3 Å². The van der Waals surface area contributed by atoms with E-state index in [1.165, 1.54) is 0 Å². The molecule has 0 fully saturated rings. The lowest BCUT2D eigenvalue weighted by Crippen LogP contribution is -2.42. The summed E-state index contributed by atoms with van der Waals surface area (Å²) in [6.07, 6.45) is 0.879. The Hall–Kier alpha value is -2.57. The molecule has 0 spiro atoms. The molecule has 132 valence electrons. The number of nitrogens with one attached hydrogen (secondary N) is 1. The van der Waals surface area contributed by atoms with Gasteiger partial charge in [-0.05, 0) is 51.0 Å². The second-order valence-corrected chi connectivity index (χ2v) is 5.10. The van der Waals surface area contributed by atoms with Gasteiger partial charge in [0.1, 0.15) is 6.04 Å². The van der Waals surface area contributed by atoms with Crippen LogP contribution in [0.5, 0.6) is 0 Å². The first-order valence-corrected chi connectivity index (χ1v) is 7.96. The van der Waals surface area contributed by atoms with Crippen molar-refractivity contribution in [1.82, 2.24) is 5.32 Å². The summed E-state index contributed by atoms with van der Waals surface area (Å²) in [7, 11) is 0. The minimum Gasteiger partial charge on any atom is -0.466 e. The highest BCUT2D eigenvalue weighted by atomic mass is 16.5. The third-order valence-electron chi connectivity index (χ3n) is 3.23. The lowest BCUT2D eigenvalue weighted by atomic mass is 10.1. The highest BCUT2D eigenvalue weighted by molar-refractivity contribution is 5.97. The zero-order valence-corrected chi connectivity index (χ0v) is 14.0. The van der Waals surface area contributed by atoms with Crippen LogP contribution in [0.4, 0.5) is 5.69 Å². The minimum atomic E-state index is -0.815. The van der Waals surface area contributed by atoms with E-state index in [0.29, 0.717) is 30.7 Å². The lowest BCUT2D eigenvalue weighted by molar-refractivity contribution is -0.147. The monoisotopic (exact) mass is 336 g/mol. The van der Waals surface area contributed by atoms with Gasteiger partial charge >= 0.3 is 11.9 Å². The van der Waals surface area contributed by atoms with Crippen LogP contribution in [0.25, 0.3) is 0 Å². The first-order valence-electron chi connectivity index (χ1n) is 7.96. The first kappa shape index (κ1) is 19.5. The summed E-state index contributed by atoms with van der Waals surface area (Å²) in [5.41, 5.74) is 6.52.